The summed E-state index contributed by atoms with van der Waals surface area (Å²) in [5.74, 6) is 0.620. The van der Waals surface area contributed by atoms with Crippen LogP contribution < -0.4 is 10.1 Å². The summed E-state index contributed by atoms with van der Waals surface area (Å²) in [4.78, 5) is 24.6. The number of benzene rings is 2. The lowest BCUT2D eigenvalue weighted by atomic mass is 9.84. The number of aryl methyl sites for hydroxylation is 3. The Kier molecular flexibility index (Phi) is 8.16. The number of pyridine rings is 2. The van der Waals surface area contributed by atoms with Gasteiger partial charge in [0.2, 0.25) is 5.91 Å². The SMILES string of the molecule is CC[C@@H]1CN(Cc2cc(C(CC(=O)Nc3cccnc3)c3ccc4c(nnn4C)c3C)ccc2C)Cc2ncccc2O1. The lowest BCUT2D eigenvalue weighted by Gasteiger charge is -2.25. The Bertz CT molecular complexity index is 1750. The summed E-state index contributed by atoms with van der Waals surface area (Å²) < 4.78 is 8.08. The number of hydrogen-bond donors (Lipinski definition) is 1. The van der Waals surface area contributed by atoms with Crippen LogP contribution in [-0.2, 0) is 24.9 Å². The van der Waals surface area contributed by atoms with Gasteiger partial charge in [0.25, 0.3) is 0 Å². The van der Waals surface area contributed by atoms with Gasteiger partial charge in [-0.25, -0.2) is 4.68 Å². The van der Waals surface area contributed by atoms with E-state index in [4.69, 9.17) is 4.74 Å². The highest BCUT2D eigenvalue weighted by atomic mass is 16.5. The van der Waals surface area contributed by atoms with E-state index >= 15 is 0 Å². The molecule has 43 heavy (non-hydrogen) atoms. The molecule has 1 amide bonds. The van der Waals surface area contributed by atoms with Gasteiger partial charge in [-0.1, -0.05) is 36.4 Å². The molecule has 1 aliphatic rings. The third-order valence-corrected chi connectivity index (χ3v) is 8.39. The Hall–Kier alpha value is -4.63. The van der Waals surface area contributed by atoms with Crippen molar-refractivity contribution in [3.05, 3.63) is 107 Å². The maximum Gasteiger partial charge on any atom is 0.225 e. The van der Waals surface area contributed by atoms with Crippen molar-refractivity contribution in [2.45, 2.75) is 58.7 Å². The van der Waals surface area contributed by atoms with Crippen molar-refractivity contribution in [1.82, 2.24) is 29.9 Å². The van der Waals surface area contributed by atoms with Gasteiger partial charge in [-0.3, -0.25) is 19.7 Å². The minimum absolute atomic E-state index is 0.0723. The molecule has 220 valence electrons. The molecule has 3 aromatic heterocycles. The first kappa shape index (κ1) is 28.5. The fourth-order valence-corrected chi connectivity index (χ4v) is 5.95. The summed E-state index contributed by atoms with van der Waals surface area (Å²) in [6, 6.07) is 18.4. The second-order valence-electron chi connectivity index (χ2n) is 11.4. The molecule has 4 heterocycles. The minimum atomic E-state index is -0.180. The van der Waals surface area contributed by atoms with Crippen LogP contribution in [0.3, 0.4) is 0 Å². The molecule has 6 rings (SSSR count). The van der Waals surface area contributed by atoms with Gasteiger partial charge < -0.3 is 10.1 Å². The smallest absolute Gasteiger partial charge is 0.225 e. The Morgan fingerprint density at radius 3 is 2.79 bits per heavy atom. The topological polar surface area (TPSA) is 98.1 Å². The molecule has 0 fully saturated rings. The van der Waals surface area contributed by atoms with E-state index in [0.717, 1.165) is 65.2 Å². The largest absolute Gasteiger partial charge is 0.487 e. The molecule has 9 heteroatoms. The van der Waals surface area contributed by atoms with Crippen LogP contribution in [0, 0.1) is 13.8 Å². The molecular formula is C34H37N7O2. The number of rotatable bonds is 8. The molecule has 0 bridgehead atoms. The zero-order valence-electron chi connectivity index (χ0n) is 25.1. The summed E-state index contributed by atoms with van der Waals surface area (Å²) in [6.07, 6.45) is 6.48. The normalized spacial score (nSPS) is 15.9. The predicted molar refractivity (Wildman–Crippen MR) is 167 cm³/mol. The van der Waals surface area contributed by atoms with Gasteiger partial charge in [0, 0.05) is 51.4 Å². The zero-order chi connectivity index (χ0) is 29.9. The van der Waals surface area contributed by atoms with Gasteiger partial charge in [0.1, 0.15) is 17.4 Å². The molecule has 5 aromatic rings. The predicted octanol–water partition coefficient (Wildman–Crippen LogP) is 5.71. The van der Waals surface area contributed by atoms with E-state index in [1.165, 1.54) is 11.1 Å². The van der Waals surface area contributed by atoms with Crippen LogP contribution in [0.15, 0.2) is 73.2 Å². The minimum Gasteiger partial charge on any atom is -0.487 e. The number of ether oxygens (including phenoxy) is 1. The van der Waals surface area contributed by atoms with E-state index in [0.29, 0.717) is 5.69 Å². The molecule has 2 aromatic carbocycles. The third-order valence-electron chi connectivity index (χ3n) is 8.39. The van der Waals surface area contributed by atoms with E-state index in [-0.39, 0.29) is 24.3 Å². The monoisotopic (exact) mass is 575 g/mol. The Morgan fingerprint density at radius 2 is 1.98 bits per heavy atom. The number of nitrogens with zero attached hydrogens (tertiary/aromatic N) is 6. The van der Waals surface area contributed by atoms with E-state index in [1.807, 2.05) is 43.6 Å². The number of fused-ring (bicyclic) bond motifs is 2. The molecule has 0 saturated heterocycles. The average Bonchev–Trinajstić information content (AvgIpc) is 3.29. The summed E-state index contributed by atoms with van der Waals surface area (Å²) in [6.45, 7) is 8.67. The fourth-order valence-electron chi connectivity index (χ4n) is 5.95. The van der Waals surface area contributed by atoms with E-state index < -0.39 is 0 Å². The Morgan fingerprint density at radius 1 is 1.12 bits per heavy atom. The van der Waals surface area contributed by atoms with Gasteiger partial charge in [-0.2, -0.15) is 0 Å². The number of nitrogens with one attached hydrogen (secondary N) is 1. The molecule has 1 unspecified atom stereocenters. The van der Waals surface area contributed by atoms with Gasteiger partial charge >= 0.3 is 0 Å². The zero-order valence-corrected chi connectivity index (χ0v) is 25.1. The standard InChI is InChI=1S/C34H37N7O2/c1-5-27-20-41(21-30-32(43-27)9-7-15-36-30)19-25-16-24(11-10-22(25)2)29(17-33(42)37-26-8-6-14-35-18-26)28-12-13-31-34(23(28)3)38-39-40(31)4/h6-16,18,27,29H,5,17,19-21H2,1-4H3,(H,37,42)/t27-,29?/m1/s1. The molecule has 9 nitrogen and oxygen atoms in total. The Balaban J connectivity index is 1.35. The van der Waals surface area contributed by atoms with E-state index in [9.17, 15) is 4.79 Å². The highest BCUT2D eigenvalue weighted by Crippen LogP contribution is 2.35. The van der Waals surface area contributed by atoms with Crippen LogP contribution in [0.1, 0.15) is 59.2 Å². The fraction of sp³-hybridized carbons (Fsp3) is 0.324. The molecule has 0 aliphatic carbocycles. The average molecular weight is 576 g/mol. The third kappa shape index (κ3) is 6.12. The van der Waals surface area contributed by atoms with Crippen molar-refractivity contribution < 1.29 is 9.53 Å². The van der Waals surface area contributed by atoms with Crippen LogP contribution in [0.5, 0.6) is 5.75 Å². The van der Waals surface area contributed by atoms with Crippen molar-refractivity contribution in [2.75, 3.05) is 11.9 Å². The second kappa shape index (κ2) is 12.3. The molecule has 1 N–H and O–H groups in total. The summed E-state index contributed by atoms with van der Waals surface area (Å²) in [5, 5.41) is 11.7. The maximum absolute atomic E-state index is 13.4. The van der Waals surface area contributed by atoms with Crippen LogP contribution in [0.25, 0.3) is 11.0 Å². The Labute approximate surface area is 251 Å². The molecule has 0 spiro atoms. The number of amides is 1. The first-order valence-corrected chi connectivity index (χ1v) is 14.8. The quantitative estimate of drug-likeness (QED) is 0.253. The molecule has 2 atom stereocenters. The lowest BCUT2D eigenvalue weighted by molar-refractivity contribution is -0.116. The summed E-state index contributed by atoms with van der Waals surface area (Å²) >= 11 is 0. The molecule has 1 aliphatic heterocycles. The van der Waals surface area contributed by atoms with E-state index in [2.05, 4.69) is 75.5 Å². The van der Waals surface area contributed by atoms with Crippen LogP contribution >= 0.6 is 0 Å². The van der Waals surface area contributed by atoms with Crippen molar-refractivity contribution in [3.63, 3.8) is 0 Å². The highest BCUT2D eigenvalue weighted by Gasteiger charge is 2.26. The van der Waals surface area contributed by atoms with Crippen LogP contribution in [0.4, 0.5) is 5.69 Å². The van der Waals surface area contributed by atoms with Gasteiger partial charge in [-0.15, -0.1) is 5.10 Å². The first-order chi connectivity index (χ1) is 20.9. The van der Waals surface area contributed by atoms with E-state index in [1.54, 1.807) is 17.1 Å². The van der Waals surface area contributed by atoms with Gasteiger partial charge in [-0.05, 0) is 78.4 Å². The van der Waals surface area contributed by atoms with Crippen molar-refractivity contribution in [2.24, 2.45) is 7.05 Å². The summed E-state index contributed by atoms with van der Waals surface area (Å²) in [7, 11) is 1.89. The number of aromatic nitrogens is 5. The molecule has 0 radical (unpaired) electrons. The number of carbonyl (C=O) groups is 1. The second-order valence-corrected chi connectivity index (χ2v) is 11.4. The summed E-state index contributed by atoms with van der Waals surface area (Å²) in [5.41, 5.74) is 9.08. The lowest BCUT2D eigenvalue weighted by Crippen LogP contribution is -2.32. The van der Waals surface area contributed by atoms with Crippen molar-refractivity contribution in [1.29, 1.82) is 0 Å². The van der Waals surface area contributed by atoms with Crippen molar-refractivity contribution in [3.8, 4) is 5.75 Å². The number of hydrogen-bond acceptors (Lipinski definition) is 7. The number of anilines is 1. The van der Waals surface area contributed by atoms with Crippen LogP contribution in [-0.4, -0.2) is 48.4 Å². The highest BCUT2D eigenvalue weighted by molar-refractivity contribution is 5.91. The maximum atomic E-state index is 13.4. The molecule has 0 saturated carbocycles. The molecular weight excluding hydrogens is 538 g/mol. The van der Waals surface area contributed by atoms with Crippen LogP contribution in [0.2, 0.25) is 0 Å². The number of carbonyl (C=O) groups excluding carboxylic acids is 1. The van der Waals surface area contributed by atoms with Crippen molar-refractivity contribution >= 4 is 22.6 Å². The van der Waals surface area contributed by atoms with Gasteiger partial charge in [0.15, 0.2) is 0 Å². The van der Waals surface area contributed by atoms with Gasteiger partial charge in [0.05, 0.1) is 23.1 Å². The first-order valence-electron chi connectivity index (χ1n) is 14.8.